The number of sulfonamides is 1. The van der Waals surface area contributed by atoms with Crippen LogP contribution in [0.15, 0.2) is 0 Å². The zero-order valence-electron chi connectivity index (χ0n) is 9.12. The van der Waals surface area contributed by atoms with E-state index >= 15 is 0 Å². The van der Waals surface area contributed by atoms with Gasteiger partial charge in [0.05, 0.1) is 6.26 Å². The van der Waals surface area contributed by atoms with Gasteiger partial charge in [0.2, 0.25) is 10.0 Å². The first-order valence-electron chi connectivity index (χ1n) is 5.48. The van der Waals surface area contributed by atoms with Crippen LogP contribution in [0.4, 0.5) is 0 Å². The van der Waals surface area contributed by atoms with Crippen molar-refractivity contribution in [1.82, 2.24) is 4.72 Å². The van der Waals surface area contributed by atoms with Crippen molar-refractivity contribution in [1.29, 1.82) is 0 Å². The van der Waals surface area contributed by atoms with Crippen LogP contribution < -0.4 is 4.72 Å². The highest BCUT2D eigenvalue weighted by molar-refractivity contribution is 7.88. The molecule has 0 aromatic rings. The van der Waals surface area contributed by atoms with Crippen molar-refractivity contribution >= 4 is 10.0 Å². The molecule has 3 nitrogen and oxygen atoms in total. The molecule has 0 heterocycles. The van der Waals surface area contributed by atoms with Crippen LogP contribution in [0.1, 0.15) is 45.4 Å². The van der Waals surface area contributed by atoms with Crippen LogP contribution in [-0.4, -0.2) is 20.7 Å². The van der Waals surface area contributed by atoms with Crippen LogP contribution in [-0.2, 0) is 10.0 Å². The number of nitrogens with one attached hydrogen (secondary N) is 1. The van der Waals surface area contributed by atoms with E-state index < -0.39 is 10.0 Å². The highest BCUT2D eigenvalue weighted by Crippen LogP contribution is 2.27. The Labute approximate surface area is 87.3 Å². The highest BCUT2D eigenvalue weighted by atomic mass is 32.2. The van der Waals surface area contributed by atoms with Crippen LogP contribution in [0.3, 0.4) is 0 Å². The van der Waals surface area contributed by atoms with E-state index in [4.69, 9.17) is 0 Å². The number of rotatable bonds is 4. The number of hydrogen-bond acceptors (Lipinski definition) is 2. The van der Waals surface area contributed by atoms with E-state index in [0.717, 1.165) is 18.8 Å². The minimum absolute atomic E-state index is 0.193. The first kappa shape index (κ1) is 12.0. The topological polar surface area (TPSA) is 46.2 Å². The summed E-state index contributed by atoms with van der Waals surface area (Å²) < 4.78 is 24.7. The summed E-state index contributed by atoms with van der Waals surface area (Å²) in [6.07, 6.45) is 8.17. The molecule has 0 spiro atoms. The zero-order valence-corrected chi connectivity index (χ0v) is 9.94. The third kappa shape index (κ3) is 4.42. The van der Waals surface area contributed by atoms with E-state index in [2.05, 4.69) is 11.6 Å². The fourth-order valence-corrected chi connectivity index (χ4v) is 3.12. The van der Waals surface area contributed by atoms with Crippen LogP contribution in [0.5, 0.6) is 0 Å². The smallest absolute Gasteiger partial charge is 0.208 e. The van der Waals surface area contributed by atoms with Crippen molar-refractivity contribution in [3.8, 4) is 0 Å². The molecule has 1 aliphatic carbocycles. The number of hydrogen-bond donors (Lipinski definition) is 1. The maximum absolute atomic E-state index is 11.0. The highest BCUT2D eigenvalue weighted by Gasteiger charge is 2.22. The van der Waals surface area contributed by atoms with Gasteiger partial charge in [0.15, 0.2) is 0 Å². The van der Waals surface area contributed by atoms with E-state index in [1.54, 1.807) is 0 Å². The predicted molar refractivity (Wildman–Crippen MR) is 58.6 cm³/mol. The van der Waals surface area contributed by atoms with Crippen LogP contribution in [0.25, 0.3) is 0 Å². The lowest BCUT2D eigenvalue weighted by Crippen LogP contribution is -2.36. The quantitative estimate of drug-likeness (QED) is 0.785. The van der Waals surface area contributed by atoms with E-state index in [9.17, 15) is 8.42 Å². The second-order valence-electron chi connectivity index (χ2n) is 4.40. The molecule has 0 aliphatic heterocycles. The largest absolute Gasteiger partial charge is 0.213 e. The molecule has 0 bridgehead atoms. The molecule has 1 rings (SSSR count). The van der Waals surface area contributed by atoms with Crippen LogP contribution in [0.2, 0.25) is 0 Å². The molecule has 84 valence electrons. The lowest BCUT2D eigenvalue weighted by Gasteiger charge is -2.28. The van der Waals surface area contributed by atoms with Gasteiger partial charge in [-0.2, -0.15) is 0 Å². The Kier molecular flexibility index (Phi) is 4.38. The summed E-state index contributed by atoms with van der Waals surface area (Å²) in [6.45, 7) is 2.21. The third-order valence-corrected chi connectivity index (χ3v) is 3.69. The fourth-order valence-electron chi connectivity index (χ4n) is 2.28. The Morgan fingerprint density at radius 1 is 1.21 bits per heavy atom. The first-order valence-corrected chi connectivity index (χ1v) is 7.37. The first-order chi connectivity index (χ1) is 6.51. The molecule has 0 aromatic carbocycles. The van der Waals surface area contributed by atoms with Crippen molar-refractivity contribution < 1.29 is 8.42 Å². The zero-order chi connectivity index (χ0) is 10.6. The van der Waals surface area contributed by atoms with Gasteiger partial charge in [-0.05, 0) is 31.6 Å². The minimum Gasteiger partial charge on any atom is -0.213 e. The summed E-state index contributed by atoms with van der Waals surface area (Å²) in [6, 6.07) is 0.193. The van der Waals surface area contributed by atoms with Crippen molar-refractivity contribution in [3.63, 3.8) is 0 Å². The molecular formula is C10H21NO2S. The molecule has 0 amide bonds. The second kappa shape index (κ2) is 5.12. The molecule has 0 saturated heterocycles. The van der Waals surface area contributed by atoms with Gasteiger partial charge in [-0.15, -0.1) is 0 Å². The Morgan fingerprint density at radius 2 is 1.79 bits per heavy atom. The predicted octanol–water partition coefficient (Wildman–Crippen LogP) is 1.89. The maximum Gasteiger partial charge on any atom is 0.208 e. The summed E-state index contributed by atoms with van der Waals surface area (Å²) in [4.78, 5) is 0. The van der Waals surface area contributed by atoms with Gasteiger partial charge >= 0.3 is 0 Å². The van der Waals surface area contributed by atoms with Crippen molar-refractivity contribution in [3.05, 3.63) is 0 Å². The molecular weight excluding hydrogens is 198 g/mol. The Bertz CT molecular complexity index is 253. The van der Waals surface area contributed by atoms with Gasteiger partial charge in [0.1, 0.15) is 0 Å². The normalized spacial score (nSPS) is 29.0. The van der Waals surface area contributed by atoms with Crippen molar-refractivity contribution in [2.24, 2.45) is 5.92 Å². The van der Waals surface area contributed by atoms with Crippen molar-refractivity contribution in [2.75, 3.05) is 6.26 Å². The summed E-state index contributed by atoms with van der Waals surface area (Å²) in [5.41, 5.74) is 0. The van der Waals surface area contributed by atoms with Gasteiger partial charge < -0.3 is 0 Å². The molecule has 0 aromatic heterocycles. The van der Waals surface area contributed by atoms with E-state index in [1.807, 2.05) is 0 Å². The summed E-state index contributed by atoms with van der Waals surface area (Å²) in [5, 5.41) is 0. The monoisotopic (exact) mass is 219 g/mol. The Hall–Kier alpha value is -0.0900. The summed E-state index contributed by atoms with van der Waals surface area (Å²) in [7, 11) is -3.00. The molecule has 1 saturated carbocycles. The molecule has 1 fully saturated rings. The molecule has 14 heavy (non-hydrogen) atoms. The minimum atomic E-state index is -3.00. The Morgan fingerprint density at radius 3 is 2.21 bits per heavy atom. The lowest BCUT2D eigenvalue weighted by molar-refractivity contribution is 0.297. The van der Waals surface area contributed by atoms with Crippen molar-refractivity contribution in [2.45, 2.75) is 51.5 Å². The molecule has 1 aliphatic rings. The van der Waals surface area contributed by atoms with E-state index in [-0.39, 0.29) is 6.04 Å². The SMILES string of the molecule is CCCC1CCC(NS(C)(=O)=O)CC1. The van der Waals surface area contributed by atoms with Crippen LogP contribution >= 0.6 is 0 Å². The lowest BCUT2D eigenvalue weighted by atomic mass is 9.84. The van der Waals surface area contributed by atoms with Gasteiger partial charge in [0.25, 0.3) is 0 Å². The fraction of sp³-hybridized carbons (Fsp3) is 1.00. The van der Waals surface area contributed by atoms with Gasteiger partial charge in [-0.1, -0.05) is 19.8 Å². The van der Waals surface area contributed by atoms with E-state index in [1.165, 1.54) is 31.9 Å². The molecule has 1 N–H and O–H groups in total. The molecule has 4 heteroatoms. The maximum atomic E-state index is 11.0. The molecule has 0 atom stereocenters. The molecule has 0 unspecified atom stereocenters. The third-order valence-electron chi connectivity index (χ3n) is 2.92. The van der Waals surface area contributed by atoms with E-state index in [0.29, 0.717) is 0 Å². The molecule has 0 radical (unpaired) electrons. The van der Waals surface area contributed by atoms with Gasteiger partial charge in [0, 0.05) is 6.04 Å². The average molecular weight is 219 g/mol. The van der Waals surface area contributed by atoms with Gasteiger partial charge in [-0.25, -0.2) is 13.1 Å². The Balaban J connectivity index is 2.29. The van der Waals surface area contributed by atoms with Crippen LogP contribution in [0, 0.1) is 5.92 Å². The average Bonchev–Trinajstić information content (AvgIpc) is 2.06. The summed E-state index contributed by atoms with van der Waals surface area (Å²) in [5.74, 6) is 0.831. The summed E-state index contributed by atoms with van der Waals surface area (Å²) >= 11 is 0. The standard InChI is InChI=1S/C10H21NO2S/c1-3-4-9-5-7-10(8-6-9)11-14(2,12)13/h9-11H,3-8H2,1-2H3. The van der Waals surface area contributed by atoms with Gasteiger partial charge in [-0.3, -0.25) is 0 Å². The second-order valence-corrected chi connectivity index (χ2v) is 6.18.